The summed E-state index contributed by atoms with van der Waals surface area (Å²) in [7, 11) is 0. The number of halogens is 5. The lowest BCUT2D eigenvalue weighted by atomic mass is 9.99. The average molecular weight is 357 g/mol. The van der Waals surface area contributed by atoms with Crippen LogP contribution < -0.4 is 4.90 Å². The molecule has 0 aromatic heterocycles. The molecule has 19 heavy (non-hydrogen) atoms. The minimum absolute atomic E-state index is 0.143. The summed E-state index contributed by atoms with van der Waals surface area (Å²) in [6.07, 6.45) is -3.46. The molecule has 1 aromatic carbocycles. The molecular weight excluding hydrogens is 343 g/mol. The first-order valence-corrected chi connectivity index (χ1v) is 7.27. The van der Waals surface area contributed by atoms with E-state index >= 15 is 0 Å². The topological polar surface area (TPSA) is 3.24 Å². The SMILES string of the molecule is CC1CN(c2ccc(C(F)(F)F)cc2Br)CCC1Cl. The second kappa shape index (κ2) is 5.52. The lowest BCUT2D eigenvalue weighted by Crippen LogP contribution is -2.40. The zero-order chi connectivity index (χ0) is 14.2. The van der Waals surface area contributed by atoms with E-state index in [1.807, 2.05) is 0 Å². The summed E-state index contributed by atoms with van der Waals surface area (Å²) in [6.45, 7) is 3.59. The molecule has 1 aliphatic rings. The summed E-state index contributed by atoms with van der Waals surface area (Å²) in [5.74, 6) is 0.324. The van der Waals surface area contributed by atoms with Crippen LogP contribution in [0.15, 0.2) is 22.7 Å². The Bertz CT molecular complexity index is 464. The van der Waals surface area contributed by atoms with Crippen molar-refractivity contribution in [3.05, 3.63) is 28.2 Å². The van der Waals surface area contributed by atoms with Gasteiger partial charge in [-0.1, -0.05) is 6.92 Å². The zero-order valence-electron chi connectivity index (χ0n) is 10.3. The Balaban J connectivity index is 2.22. The first-order chi connectivity index (χ1) is 8.79. The minimum atomic E-state index is -4.31. The molecule has 106 valence electrons. The number of rotatable bonds is 1. The highest BCUT2D eigenvalue weighted by Gasteiger charge is 2.32. The third kappa shape index (κ3) is 3.37. The van der Waals surface area contributed by atoms with Gasteiger partial charge in [-0.15, -0.1) is 11.6 Å². The molecule has 1 nitrogen and oxygen atoms in total. The Kier molecular flexibility index (Phi) is 4.35. The molecule has 2 atom stereocenters. The van der Waals surface area contributed by atoms with Crippen molar-refractivity contribution in [2.24, 2.45) is 5.92 Å². The van der Waals surface area contributed by atoms with Gasteiger partial charge in [0.05, 0.1) is 11.3 Å². The molecular formula is C13H14BrClF3N. The van der Waals surface area contributed by atoms with Crippen LogP contribution in [0, 0.1) is 5.92 Å². The molecule has 1 aliphatic heterocycles. The number of hydrogen-bond donors (Lipinski definition) is 0. The Morgan fingerprint density at radius 3 is 2.58 bits per heavy atom. The van der Waals surface area contributed by atoms with Crippen molar-refractivity contribution < 1.29 is 13.2 Å². The van der Waals surface area contributed by atoms with Crippen LogP contribution >= 0.6 is 27.5 Å². The van der Waals surface area contributed by atoms with E-state index < -0.39 is 11.7 Å². The summed E-state index contributed by atoms with van der Waals surface area (Å²) in [5.41, 5.74) is 0.159. The fourth-order valence-corrected chi connectivity index (χ4v) is 3.08. The summed E-state index contributed by atoms with van der Waals surface area (Å²) in [4.78, 5) is 2.08. The van der Waals surface area contributed by atoms with Crippen LogP contribution in [-0.4, -0.2) is 18.5 Å². The third-order valence-electron chi connectivity index (χ3n) is 3.42. The lowest BCUT2D eigenvalue weighted by molar-refractivity contribution is -0.137. The normalized spacial score (nSPS) is 24.6. The van der Waals surface area contributed by atoms with Crippen LogP contribution in [0.4, 0.5) is 18.9 Å². The number of nitrogens with zero attached hydrogens (tertiary/aromatic N) is 1. The molecule has 0 N–H and O–H groups in total. The molecule has 1 fully saturated rings. The predicted octanol–water partition coefficient (Wildman–Crippen LogP) is 4.92. The molecule has 0 aliphatic carbocycles. The van der Waals surface area contributed by atoms with Crippen LogP contribution in [0.3, 0.4) is 0 Å². The van der Waals surface area contributed by atoms with E-state index in [9.17, 15) is 13.2 Å². The Hall–Kier alpha value is -0.420. The predicted molar refractivity (Wildman–Crippen MR) is 74.8 cm³/mol. The first kappa shape index (κ1) is 15.0. The van der Waals surface area contributed by atoms with E-state index in [-0.39, 0.29) is 5.38 Å². The lowest BCUT2D eigenvalue weighted by Gasteiger charge is -2.36. The highest BCUT2D eigenvalue weighted by molar-refractivity contribution is 9.10. The van der Waals surface area contributed by atoms with Gasteiger partial charge in [0.1, 0.15) is 0 Å². The monoisotopic (exact) mass is 355 g/mol. The second-order valence-electron chi connectivity index (χ2n) is 4.89. The van der Waals surface area contributed by atoms with E-state index in [2.05, 4.69) is 27.8 Å². The van der Waals surface area contributed by atoms with Gasteiger partial charge in [0.15, 0.2) is 0 Å². The zero-order valence-corrected chi connectivity index (χ0v) is 12.7. The molecule has 0 amide bonds. The van der Waals surface area contributed by atoms with Gasteiger partial charge in [0.25, 0.3) is 0 Å². The molecule has 2 rings (SSSR count). The van der Waals surface area contributed by atoms with Gasteiger partial charge in [-0.2, -0.15) is 13.2 Å². The molecule has 0 radical (unpaired) electrons. The van der Waals surface area contributed by atoms with Crippen molar-refractivity contribution in [3.8, 4) is 0 Å². The van der Waals surface area contributed by atoms with E-state index in [1.165, 1.54) is 6.07 Å². The van der Waals surface area contributed by atoms with Gasteiger partial charge >= 0.3 is 6.18 Å². The van der Waals surface area contributed by atoms with Gasteiger partial charge in [-0.3, -0.25) is 0 Å². The summed E-state index contributed by atoms with van der Waals surface area (Å²) in [6, 6.07) is 3.78. The van der Waals surface area contributed by atoms with E-state index in [1.54, 1.807) is 0 Å². The standard InChI is InChI=1S/C13H14BrClF3N/c1-8-7-19(5-4-11(8)15)12-3-2-9(6-10(12)14)13(16,17)18/h2-3,6,8,11H,4-5,7H2,1H3. The molecule has 2 unspecified atom stereocenters. The fraction of sp³-hybridized carbons (Fsp3) is 0.538. The number of anilines is 1. The van der Waals surface area contributed by atoms with Crippen molar-refractivity contribution in [2.75, 3.05) is 18.0 Å². The van der Waals surface area contributed by atoms with Gasteiger partial charge in [0.2, 0.25) is 0 Å². The third-order valence-corrected chi connectivity index (χ3v) is 4.70. The summed E-state index contributed by atoms with van der Waals surface area (Å²) in [5, 5.41) is 0.143. The minimum Gasteiger partial charge on any atom is -0.370 e. The van der Waals surface area contributed by atoms with Crippen molar-refractivity contribution in [1.29, 1.82) is 0 Å². The first-order valence-electron chi connectivity index (χ1n) is 6.05. The van der Waals surface area contributed by atoms with Crippen molar-refractivity contribution in [1.82, 2.24) is 0 Å². The van der Waals surface area contributed by atoms with Crippen molar-refractivity contribution >= 4 is 33.2 Å². The Labute approximate surface area is 123 Å². The molecule has 1 aromatic rings. The number of benzene rings is 1. The summed E-state index contributed by atoms with van der Waals surface area (Å²) >= 11 is 9.39. The Morgan fingerprint density at radius 1 is 1.37 bits per heavy atom. The molecule has 1 heterocycles. The van der Waals surface area contributed by atoms with Gasteiger partial charge in [0, 0.05) is 22.9 Å². The van der Waals surface area contributed by atoms with Crippen LogP contribution in [0.5, 0.6) is 0 Å². The quantitative estimate of drug-likeness (QED) is 0.646. The van der Waals surface area contributed by atoms with Crippen LogP contribution in [0.2, 0.25) is 0 Å². The highest BCUT2D eigenvalue weighted by Crippen LogP contribution is 2.36. The van der Waals surface area contributed by atoms with E-state index in [0.717, 1.165) is 37.3 Å². The summed E-state index contributed by atoms with van der Waals surface area (Å²) < 4.78 is 38.3. The van der Waals surface area contributed by atoms with Crippen molar-refractivity contribution in [2.45, 2.75) is 24.9 Å². The van der Waals surface area contributed by atoms with Crippen LogP contribution in [-0.2, 0) is 6.18 Å². The molecule has 0 spiro atoms. The number of hydrogen-bond acceptors (Lipinski definition) is 1. The number of piperidine rings is 1. The van der Waals surface area contributed by atoms with Crippen LogP contribution in [0.25, 0.3) is 0 Å². The number of alkyl halides is 4. The van der Waals surface area contributed by atoms with E-state index in [0.29, 0.717) is 10.4 Å². The van der Waals surface area contributed by atoms with Crippen LogP contribution in [0.1, 0.15) is 18.9 Å². The Morgan fingerprint density at radius 2 is 2.05 bits per heavy atom. The molecule has 0 bridgehead atoms. The van der Waals surface area contributed by atoms with Crippen molar-refractivity contribution in [3.63, 3.8) is 0 Å². The maximum absolute atomic E-state index is 12.6. The van der Waals surface area contributed by atoms with Gasteiger partial charge in [-0.05, 0) is 46.5 Å². The molecule has 1 saturated heterocycles. The molecule has 0 saturated carbocycles. The van der Waals surface area contributed by atoms with E-state index in [4.69, 9.17) is 11.6 Å². The van der Waals surface area contributed by atoms with Gasteiger partial charge < -0.3 is 4.90 Å². The maximum atomic E-state index is 12.6. The maximum Gasteiger partial charge on any atom is 0.416 e. The van der Waals surface area contributed by atoms with Gasteiger partial charge in [-0.25, -0.2) is 0 Å². The molecule has 6 heteroatoms. The average Bonchev–Trinajstić information content (AvgIpc) is 2.31. The smallest absolute Gasteiger partial charge is 0.370 e. The fourth-order valence-electron chi connectivity index (χ4n) is 2.28. The largest absolute Gasteiger partial charge is 0.416 e. The highest BCUT2D eigenvalue weighted by atomic mass is 79.9. The second-order valence-corrected chi connectivity index (χ2v) is 6.31.